The number of rotatable bonds is 6. The van der Waals surface area contributed by atoms with Gasteiger partial charge in [0.15, 0.2) is 11.6 Å². The van der Waals surface area contributed by atoms with Gasteiger partial charge >= 0.3 is 0 Å². The molecular formula is C15H22N4O. The van der Waals surface area contributed by atoms with Gasteiger partial charge in [-0.2, -0.15) is 4.68 Å². The van der Waals surface area contributed by atoms with Gasteiger partial charge in [-0.1, -0.05) is 27.2 Å². The van der Waals surface area contributed by atoms with Crippen LogP contribution in [0.1, 0.15) is 50.1 Å². The summed E-state index contributed by atoms with van der Waals surface area (Å²) in [6, 6.07) is 3.84. The van der Waals surface area contributed by atoms with E-state index >= 15 is 0 Å². The lowest BCUT2D eigenvalue weighted by Gasteiger charge is -2.08. The zero-order valence-electron chi connectivity index (χ0n) is 12.4. The van der Waals surface area contributed by atoms with Crippen LogP contribution in [0.25, 0.3) is 5.82 Å². The predicted octanol–water partition coefficient (Wildman–Crippen LogP) is 2.23. The summed E-state index contributed by atoms with van der Waals surface area (Å²) in [6.45, 7) is 6.24. The van der Waals surface area contributed by atoms with Crippen molar-refractivity contribution in [1.82, 2.24) is 19.7 Å². The Morgan fingerprint density at radius 3 is 2.50 bits per heavy atom. The van der Waals surface area contributed by atoms with Crippen molar-refractivity contribution in [3.8, 4) is 5.82 Å². The quantitative estimate of drug-likeness (QED) is 0.877. The van der Waals surface area contributed by atoms with E-state index in [4.69, 9.17) is 0 Å². The van der Waals surface area contributed by atoms with Crippen LogP contribution in [-0.2, 0) is 25.9 Å². The van der Waals surface area contributed by atoms with Crippen LogP contribution in [0.4, 0.5) is 0 Å². The number of hydrogen-bond donors (Lipinski definition) is 1. The van der Waals surface area contributed by atoms with Crippen molar-refractivity contribution in [2.75, 3.05) is 0 Å². The van der Waals surface area contributed by atoms with Crippen LogP contribution in [0.5, 0.6) is 0 Å². The molecule has 20 heavy (non-hydrogen) atoms. The molecule has 0 atom stereocenters. The van der Waals surface area contributed by atoms with Crippen molar-refractivity contribution in [1.29, 1.82) is 0 Å². The first-order chi connectivity index (χ1) is 9.71. The molecule has 0 aliphatic rings. The summed E-state index contributed by atoms with van der Waals surface area (Å²) in [6.07, 6.45) is 3.54. The van der Waals surface area contributed by atoms with Crippen LogP contribution in [0, 0.1) is 0 Å². The van der Waals surface area contributed by atoms with E-state index in [1.54, 1.807) is 4.68 Å². The molecule has 0 saturated carbocycles. The summed E-state index contributed by atoms with van der Waals surface area (Å²) in [4.78, 5) is 9.15. The van der Waals surface area contributed by atoms with E-state index < -0.39 is 0 Å². The number of nitrogens with zero attached hydrogens (tertiary/aromatic N) is 4. The van der Waals surface area contributed by atoms with Crippen molar-refractivity contribution in [2.24, 2.45) is 0 Å². The first-order valence-corrected chi connectivity index (χ1v) is 7.27. The van der Waals surface area contributed by atoms with Gasteiger partial charge in [0.2, 0.25) is 0 Å². The molecule has 2 rings (SSSR count). The lowest BCUT2D eigenvalue weighted by Crippen LogP contribution is -2.07. The standard InChI is InChI=1S/C15H22N4O/c1-4-7-12-8-11(10-20)9-15(16-12)19-14(6-3)17-13(5-2)18-19/h8-9,20H,4-7,10H2,1-3H3. The van der Waals surface area contributed by atoms with Crippen molar-refractivity contribution < 1.29 is 5.11 Å². The Labute approximate surface area is 119 Å². The van der Waals surface area contributed by atoms with Gasteiger partial charge in [0.1, 0.15) is 5.82 Å². The van der Waals surface area contributed by atoms with Crippen molar-refractivity contribution in [3.63, 3.8) is 0 Å². The van der Waals surface area contributed by atoms with Gasteiger partial charge in [-0.25, -0.2) is 9.97 Å². The van der Waals surface area contributed by atoms with Crippen LogP contribution >= 0.6 is 0 Å². The largest absolute Gasteiger partial charge is 0.392 e. The Morgan fingerprint density at radius 1 is 1.10 bits per heavy atom. The second-order valence-electron chi connectivity index (χ2n) is 4.80. The van der Waals surface area contributed by atoms with Crippen LogP contribution < -0.4 is 0 Å². The zero-order chi connectivity index (χ0) is 14.5. The van der Waals surface area contributed by atoms with Gasteiger partial charge in [-0.05, 0) is 24.1 Å². The highest BCUT2D eigenvalue weighted by Gasteiger charge is 2.12. The van der Waals surface area contributed by atoms with Gasteiger partial charge in [0.25, 0.3) is 0 Å². The third-order valence-corrected chi connectivity index (χ3v) is 3.18. The summed E-state index contributed by atoms with van der Waals surface area (Å²) in [7, 11) is 0. The molecule has 5 heteroatoms. The second kappa shape index (κ2) is 6.61. The molecule has 0 unspecified atom stereocenters. The third-order valence-electron chi connectivity index (χ3n) is 3.18. The number of aryl methyl sites for hydroxylation is 3. The minimum absolute atomic E-state index is 0.0169. The fourth-order valence-corrected chi connectivity index (χ4v) is 2.17. The van der Waals surface area contributed by atoms with E-state index in [1.165, 1.54) is 0 Å². The Bertz CT molecular complexity index is 577. The molecule has 0 aromatic carbocycles. The van der Waals surface area contributed by atoms with Crippen LogP contribution in [0.15, 0.2) is 12.1 Å². The number of aromatic nitrogens is 4. The Morgan fingerprint density at radius 2 is 1.90 bits per heavy atom. The molecule has 0 spiro atoms. The smallest absolute Gasteiger partial charge is 0.156 e. The first-order valence-electron chi connectivity index (χ1n) is 7.27. The van der Waals surface area contributed by atoms with E-state index in [2.05, 4.69) is 28.9 Å². The van der Waals surface area contributed by atoms with E-state index in [1.807, 2.05) is 19.1 Å². The normalized spacial score (nSPS) is 11.0. The minimum Gasteiger partial charge on any atom is -0.392 e. The third kappa shape index (κ3) is 3.04. The van der Waals surface area contributed by atoms with E-state index in [0.29, 0.717) is 0 Å². The number of hydrogen-bond acceptors (Lipinski definition) is 4. The average Bonchev–Trinajstić information content (AvgIpc) is 2.90. The fourth-order valence-electron chi connectivity index (χ4n) is 2.17. The monoisotopic (exact) mass is 274 g/mol. The van der Waals surface area contributed by atoms with Gasteiger partial charge in [-0.3, -0.25) is 0 Å². The summed E-state index contributed by atoms with van der Waals surface area (Å²) in [5, 5.41) is 13.9. The molecule has 108 valence electrons. The highest BCUT2D eigenvalue weighted by atomic mass is 16.3. The van der Waals surface area contributed by atoms with E-state index in [0.717, 1.165) is 54.4 Å². The molecule has 0 saturated heterocycles. The van der Waals surface area contributed by atoms with Gasteiger partial charge in [-0.15, -0.1) is 5.10 Å². The van der Waals surface area contributed by atoms with Gasteiger partial charge in [0, 0.05) is 18.5 Å². The van der Waals surface area contributed by atoms with Gasteiger partial charge in [0.05, 0.1) is 6.61 Å². The Hall–Kier alpha value is -1.75. The Kier molecular flexibility index (Phi) is 4.84. The number of aliphatic hydroxyl groups excluding tert-OH is 1. The van der Waals surface area contributed by atoms with E-state index in [9.17, 15) is 5.11 Å². The highest BCUT2D eigenvalue weighted by molar-refractivity contribution is 5.31. The number of aliphatic hydroxyl groups is 1. The summed E-state index contributed by atoms with van der Waals surface area (Å²) < 4.78 is 1.80. The molecular weight excluding hydrogens is 252 g/mol. The molecule has 0 amide bonds. The molecule has 0 bridgehead atoms. The molecule has 2 aromatic rings. The summed E-state index contributed by atoms with van der Waals surface area (Å²) in [5.74, 6) is 2.49. The van der Waals surface area contributed by atoms with Crippen LogP contribution in [0.2, 0.25) is 0 Å². The molecule has 2 heterocycles. The molecule has 0 fully saturated rings. The SMILES string of the molecule is CCCc1cc(CO)cc(-n2nc(CC)nc2CC)n1. The van der Waals surface area contributed by atoms with Gasteiger partial charge < -0.3 is 5.11 Å². The Balaban J connectivity index is 2.50. The van der Waals surface area contributed by atoms with Crippen molar-refractivity contribution in [2.45, 2.75) is 53.1 Å². The molecule has 0 radical (unpaired) electrons. The maximum absolute atomic E-state index is 9.41. The molecule has 5 nitrogen and oxygen atoms in total. The average molecular weight is 274 g/mol. The van der Waals surface area contributed by atoms with Crippen LogP contribution in [0.3, 0.4) is 0 Å². The molecule has 0 aliphatic heterocycles. The van der Waals surface area contributed by atoms with Crippen LogP contribution in [-0.4, -0.2) is 24.9 Å². The second-order valence-corrected chi connectivity index (χ2v) is 4.80. The van der Waals surface area contributed by atoms with Crippen molar-refractivity contribution >= 4 is 0 Å². The molecule has 0 aliphatic carbocycles. The lowest BCUT2D eigenvalue weighted by atomic mass is 10.1. The zero-order valence-corrected chi connectivity index (χ0v) is 12.4. The minimum atomic E-state index is 0.0169. The highest BCUT2D eigenvalue weighted by Crippen LogP contribution is 2.14. The fraction of sp³-hybridized carbons (Fsp3) is 0.533. The first kappa shape index (κ1) is 14.7. The summed E-state index contributed by atoms with van der Waals surface area (Å²) in [5.41, 5.74) is 1.86. The predicted molar refractivity (Wildman–Crippen MR) is 77.8 cm³/mol. The van der Waals surface area contributed by atoms with Crippen molar-refractivity contribution in [3.05, 3.63) is 35.0 Å². The maximum atomic E-state index is 9.41. The maximum Gasteiger partial charge on any atom is 0.156 e. The lowest BCUT2D eigenvalue weighted by molar-refractivity contribution is 0.281. The van der Waals surface area contributed by atoms with E-state index in [-0.39, 0.29) is 6.61 Å². The topological polar surface area (TPSA) is 63.8 Å². The molecule has 1 N–H and O–H groups in total. The summed E-state index contributed by atoms with van der Waals surface area (Å²) >= 11 is 0. The number of pyridine rings is 1. The molecule has 2 aromatic heterocycles.